The van der Waals surface area contributed by atoms with E-state index < -0.39 is 9.84 Å². The molecule has 0 atom stereocenters. The first-order valence-electron chi connectivity index (χ1n) is 5.48. The summed E-state index contributed by atoms with van der Waals surface area (Å²) in [7, 11) is -2.78. The molecule has 0 bridgehead atoms. The van der Waals surface area contributed by atoms with Crippen LogP contribution in [0.3, 0.4) is 0 Å². The monoisotopic (exact) mass is 253 g/mol. The molecule has 92 valence electrons. The van der Waals surface area contributed by atoms with Crippen molar-refractivity contribution in [2.24, 2.45) is 0 Å². The van der Waals surface area contributed by atoms with Crippen LogP contribution in [0.1, 0.15) is 26.7 Å². The normalized spacial score (nSPS) is 12.3. The van der Waals surface area contributed by atoms with Crippen molar-refractivity contribution in [1.82, 2.24) is 5.32 Å². The van der Waals surface area contributed by atoms with Crippen molar-refractivity contribution in [3.8, 4) is 0 Å². The van der Waals surface area contributed by atoms with E-state index in [0.29, 0.717) is 17.5 Å². The third-order valence-electron chi connectivity index (χ3n) is 2.26. The molecule has 0 aliphatic heterocycles. The van der Waals surface area contributed by atoms with E-state index in [1.165, 1.54) is 6.26 Å². The van der Waals surface area contributed by atoms with Crippen LogP contribution in [0.4, 0.5) is 0 Å². The second kappa shape index (κ2) is 8.42. The fraction of sp³-hybridized carbons (Fsp3) is 1.00. The molecule has 1 N–H and O–H groups in total. The zero-order chi connectivity index (χ0) is 11.7. The van der Waals surface area contributed by atoms with Crippen molar-refractivity contribution in [1.29, 1.82) is 0 Å². The van der Waals surface area contributed by atoms with Crippen LogP contribution >= 0.6 is 11.8 Å². The Kier molecular flexibility index (Phi) is 8.56. The van der Waals surface area contributed by atoms with Gasteiger partial charge < -0.3 is 5.32 Å². The van der Waals surface area contributed by atoms with Gasteiger partial charge in [-0.05, 0) is 12.8 Å². The highest BCUT2D eigenvalue weighted by Gasteiger charge is 2.03. The van der Waals surface area contributed by atoms with Gasteiger partial charge in [0.05, 0.1) is 5.75 Å². The SMILES string of the molecule is CCC(CC)NCCSCCS(C)(=O)=O. The van der Waals surface area contributed by atoms with E-state index in [9.17, 15) is 8.42 Å². The highest BCUT2D eigenvalue weighted by molar-refractivity contribution is 8.00. The Balaban J connectivity index is 3.32. The number of hydrogen-bond donors (Lipinski definition) is 1. The van der Waals surface area contributed by atoms with Gasteiger partial charge in [-0.25, -0.2) is 8.42 Å². The molecule has 0 saturated carbocycles. The maximum atomic E-state index is 10.8. The Morgan fingerprint density at radius 3 is 2.27 bits per heavy atom. The summed E-state index contributed by atoms with van der Waals surface area (Å²) in [6.45, 7) is 5.33. The van der Waals surface area contributed by atoms with E-state index in [0.717, 1.165) is 25.1 Å². The Hall–Kier alpha value is 0.260. The third kappa shape index (κ3) is 10.5. The Labute approximate surface area is 98.3 Å². The molecule has 3 nitrogen and oxygen atoms in total. The van der Waals surface area contributed by atoms with E-state index in [-0.39, 0.29) is 0 Å². The first-order chi connectivity index (χ1) is 6.99. The smallest absolute Gasteiger partial charge is 0.148 e. The van der Waals surface area contributed by atoms with Crippen LogP contribution in [0.5, 0.6) is 0 Å². The predicted octanol–water partition coefficient (Wildman–Crippen LogP) is 1.54. The van der Waals surface area contributed by atoms with Gasteiger partial charge in [-0.15, -0.1) is 0 Å². The van der Waals surface area contributed by atoms with Crippen LogP contribution in [0, 0.1) is 0 Å². The van der Waals surface area contributed by atoms with Crippen molar-refractivity contribution < 1.29 is 8.42 Å². The van der Waals surface area contributed by atoms with Crippen molar-refractivity contribution in [3.63, 3.8) is 0 Å². The van der Waals surface area contributed by atoms with Crippen LogP contribution in [-0.4, -0.2) is 44.5 Å². The van der Waals surface area contributed by atoms with Crippen LogP contribution in [0.15, 0.2) is 0 Å². The highest BCUT2D eigenvalue weighted by Crippen LogP contribution is 2.01. The molecule has 0 aromatic rings. The summed E-state index contributed by atoms with van der Waals surface area (Å²) in [5, 5.41) is 3.45. The topological polar surface area (TPSA) is 46.2 Å². The first-order valence-corrected chi connectivity index (χ1v) is 8.70. The molecule has 0 amide bonds. The molecule has 0 radical (unpaired) electrons. The number of nitrogens with one attached hydrogen (secondary N) is 1. The molecule has 0 unspecified atom stereocenters. The Bertz CT molecular complexity index is 236. The van der Waals surface area contributed by atoms with Crippen LogP contribution < -0.4 is 5.32 Å². The fourth-order valence-electron chi connectivity index (χ4n) is 1.22. The van der Waals surface area contributed by atoms with Gasteiger partial charge in [-0.1, -0.05) is 13.8 Å². The van der Waals surface area contributed by atoms with Gasteiger partial charge in [0.15, 0.2) is 0 Å². The molecule has 0 aliphatic carbocycles. The second-order valence-electron chi connectivity index (χ2n) is 3.71. The van der Waals surface area contributed by atoms with Gasteiger partial charge in [0.1, 0.15) is 9.84 Å². The highest BCUT2D eigenvalue weighted by atomic mass is 32.2. The summed E-state index contributed by atoms with van der Waals surface area (Å²) in [5.74, 6) is 2.00. The van der Waals surface area contributed by atoms with Crippen LogP contribution in [-0.2, 0) is 9.84 Å². The quantitative estimate of drug-likeness (QED) is 0.633. The summed E-state index contributed by atoms with van der Waals surface area (Å²) in [4.78, 5) is 0. The molecular weight excluding hydrogens is 230 g/mol. The average Bonchev–Trinajstić information content (AvgIpc) is 2.15. The summed E-state index contributed by atoms with van der Waals surface area (Å²) in [5.41, 5.74) is 0. The lowest BCUT2D eigenvalue weighted by atomic mass is 10.2. The molecule has 15 heavy (non-hydrogen) atoms. The standard InChI is InChI=1S/C10H23NO2S2/c1-4-10(5-2)11-6-7-14-8-9-15(3,12)13/h10-11H,4-9H2,1-3H3. The first kappa shape index (κ1) is 15.3. The Morgan fingerprint density at radius 1 is 1.20 bits per heavy atom. The van der Waals surface area contributed by atoms with E-state index in [4.69, 9.17) is 0 Å². The van der Waals surface area contributed by atoms with Crippen molar-refractivity contribution in [2.45, 2.75) is 32.7 Å². The fourth-order valence-corrected chi connectivity index (χ4v) is 3.37. The molecule has 0 heterocycles. The maximum Gasteiger partial charge on any atom is 0.148 e. The largest absolute Gasteiger partial charge is 0.313 e. The molecule has 0 spiro atoms. The molecular formula is C10H23NO2S2. The molecule has 0 aromatic carbocycles. The van der Waals surface area contributed by atoms with Gasteiger partial charge in [-0.2, -0.15) is 11.8 Å². The van der Waals surface area contributed by atoms with E-state index in [1.807, 2.05) is 0 Å². The van der Waals surface area contributed by atoms with Gasteiger partial charge in [0.2, 0.25) is 0 Å². The maximum absolute atomic E-state index is 10.8. The van der Waals surface area contributed by atoms with Gasteiger partial charge in [0, 0.05) is 30.3 Å². The molecule has 5 heteroatoms. The summed E-state index contributed by atoms with van der Waals surface area (Å²) in [6, 6.07) is 0.612. The van der Waals surface area contributed by atoms with Gasteiger partial charge in [0.25, 0.3) is 0 Å². The number of thioether (sulfide) groups is 1. The van der Waals surface area contributed by atoms with E-state index in [2.05, 4.69) is 19.2 Å². The summed E-state index contributed by atoms with van der Waals surface area (Å²) < 4.78 is 21.7. The zero-order valence-corrected chi connectivity index (χ0v) is 11.6. The van der Waals surface area contributed by atoms with E-state index >= 15 is 0 Å². The lowest BCUT2D eigenvalue weighted by molar-refractivity contribution is 0.501. The molecule has 0 fully saturated rings. The average molecular weight is 253 g/mol. The molecule has 0 saturated heterocycles. The minimum atomic E-state index is -2.78. The molecule has 0 aliphatic rings. The molecule has 0 aromatic heterocycles. The van der Waals surface area contributed by atoms with Crippen molar-refractivity contribution in [3.05, 3.63) is 0 Å². The molecule has 0 rings (SSSR count). The lowest BCUT2D eigenvalue weighted by Crippen LogP contribution is -2.29. The van der Waals surface area contributed by atoms with Crippen LogP contribution in [0.2, 0.25) is 0 Å². The third-order valence-corrected chi connectivity index (χ3v) is 4.45. The number of sulfone groups is 1. The minimum Gasteiger partial charge on any atom is -0.313 e. The van der Waals surface area contributed by atoms with Crippen molar-refractivity contribution in [2.75, 3.05) is 30.1 Å². The van der Waals surface area contributed by atoms with Gasteiger partial charge in [-0.3, -0.25) is 0 Å². The second-order valence-corrected chi connectivity index (χ2v) is 7.19. The van der Waals surface area contributed by atoms with E-state index in [1.54, 1.807) is 11.8 Å². The summed E-state index contributed by atoms with van der Waals surface area (Å²) in [6.07, 6.45) is 3.60. The zero-order valence-electron chi connectivity index (χ0n) is 9.95. The Morgan fingerprint density at radius 2 is 1.80 bits per heavy atom. The predicted molar refractivity (Wildman–Crippen MR) is 69.4 cm³/mol. The summed E-state index contributed by atoms with van der Waals surface area (Å²) >= 11 is 1.70. The number of hydrogen-bond acceptors (Lipinski definition) is 4. The van der Waals surface area contributed by atoms with Crippen LogP contribution in [0.25, 0.3) is 0 Å². The van der Waals surface area contributed by atoms with Gasteiger partial charge >= 0.3 is 0 Å². The van der Waals surface area contributed by atoms with Crippen molar-refractivity contribution >= 4 is 21.6 Å². The lowest BCUT2D eigenvalue weighted by Gasteiger charge is -2.13. The number of rotatable bonds is 9. The minimum absolute atomic E-state index is 0.294.